The average molecular weight is 401 g/mol. The van der Waals surface area contributed by atoms with Gasteiger partial charge in [0, 0.05) is 30.8 Å². The van der Waals surface area contributed by atoms with E-state index in [4.69, 9.17) is 18.9 Å². The second-order valence-electron chi connectivity index (χ2n) is 7.69. The molecule has 1 atom stereocenters. The third-order valence-electron chi connectivity index (χ3n) is 5.94. The number of nitro benzene ring substituents is 1. The van der Waals surface area contributed by atoms with Crippen LogP contribution in [0, 0.1) is 16.0 Å². The second-order valence-corrected chi connectivity index (χ2v) is 7.69. The predicted molar refractivity (Wildman–Crippen MR) is 107 cm³/mol. The highest BCUT2D eigenvalue weighted by Gasteiger charge is 2.35. The van der Waals surface area contributed by atoms with Crippen LogP contribution in [0.25, 0.3) is 11.3 Å². The number of nitro groups is 1. The zero-order valence-electron chi connectivity index (χ0n) is 16.7. The van der Waals surface area contributed by atoms with Crippen molar-refractivity contribution in [3.8, 4) is 17.2 Å². The molecule has 4 rings (SSSR count). The summed E-state index contributed by atoms with van der Waals surface area (Å²) in [6, 6.07) is 6.42. The fraction of sp³-hybridized carbons (Fsp3) is 0.571. The molecule has 0 unspecified atom stereocenters. The number of nitrogens with zero attached hydrogens (tertiary/aromatic N) is 3. The Balaban J connectivity index is 1.68. The Kier molecular flexibility index (Phi) is 6.10. The number of rotatable bonds is 6. The summed E-state index contributed by atoms with van der Waals surface area (Å²) in [4.78, 5) is 17.8. The molecule has 2 aliphatic rings. The van der Waals surface area contributed by atoms with Crippen molar-refractivity contribution < 1.29 is 18.8 Å². The van der Waals surface area contributed by atoms with E-state index in [2.05, 4.69) is 4.90 Å². The third-order valence-corrected chi connectivity index (χ3v) is 5.94. The topological polar surface area (TPSA) is 90.9 Å². The monoisotopic (exact) mass is 401 g/mol. The Labute approximate surface area is 170 Å². The Morgan fingerprint density at radius 1 is 1.17 bits per heavy atom. The smallest absolute Gasteiger partial charge is 0.313 e. The van der Waals surface area contributed by atoms with E-state index >= 15 is 0 Å². The molecule has 1 aliphatic heterocycles. The van der Waals surface area contributed by atoms with Crippen LogP contribution in [-0.2, 0) is 4.74 Å². The second kappa shape index (κ2) is 8.92. The lowest BCUT2D eigenvalue weighted by Gasteiger charge is -2.38. The van der Waals surface area contributed by atoms with E-state index in [0.717, 1.165) is 31.9 Å². The number of methoxy groups -OCH3 is 1. The molecule has 8 nitrogen and oxygen atoms in total. The molecule has 1 saturated carbocycles. The van der Waals surface area contributed by atoms with Gasteiger partial charge in [-0.15, -0.1) is 0 Å². The van der Waals surface area contributed by atoms with Gasteiger partial charge in [-0.3, -0.25) is 15.0 Å². The molecule has 1 aromatic heterocycles. The first-order valence-electron chi connectivity index (χ1n) is 10.3. The van der Waals surface area contributed by atoms with Gasteiger partial charge < -0.3 is 13.9 Å². The summed E-state index contributed by atoms with van der Waals surface area (Å²) in [7, 11) is 1.56. The number of non-ortho nitro benzene ring substituents is 1. The third kappa shape index (κ3) is 4.28. The highest BCUT2D eigenvalue weighted by molar-refractivity contribution is 5.65. The van der Waals surface area contributed by atoms with Crippen LogP contribution in [0.4, 0.5) is 5.69 Å². The van der Waals surface area contributed by atoms with Gasteiger partial charge in [0.2, 0.25) is 5.89 Å². The number of ether oxygens (including phenoxy) is 2. The molecule has 0 amide bonds. The lowest BCUT2D eigenvalue weighted by atomic mass is 9.83. The van der Waals surface area contributed by atoms with Crippen molar-refractivity contribution in [3.05, 3.63) is 40.3 Å². The molecule has 0 N–H and O–H groups in total. The molecule has 8 heteroatoms. The van der Waals surface area contributed by atoms with Crippen molar-refractivity contribution >= 4 is 5.69 Å². The van der Waals surface area contributed by atoms with Crippen molar-refractivity contribution in [1.82, 2.24) is 9.88 Å². The number of morpholine rings is 1. The SMILES string of the molecule is COc1oc([C@@H](C2CCCCC2)N2CCOCC2)nc1-c1ccc([N+](=O)[O-])cc1. The van der Waals surface area contributed by atoms with Crippen molar-refractivity contribution in [2.75, 3.05) is 33.4 Å². The van der Waals surface area contributed by atoms with Gasteiger partial charge in [0.1, 0.15) is 0 Å². The number of hydrogen-bond acceptors (Lipinski definition) is 7. The Morgan fingerprint density at radius 2 is 1.86 bits per heavy atom. The highest BCUT2D eigenvalue weighted by Crippen LogP contribution is 2.42. The maximum Gasteiger partial charge on any atom is 0.313 e. The minimum Gasteiger partial charge on any atom is -0.467 e. The quantitative estimate of drug-likeness (QED) is 0.529. The number of hydrogen-bond donors (Lipinski definition) is 0. The summed E-state index contributed by atoms with van der Waals surface area (Å²) in [5.74, 6) is 1.52. The molecule has 2 heterocycles. The first kappa shape index (κ1) is 19.8. The number of oxazole rings is 1. The van der Waals surface area contributed by atoms with Crippen molar-refractivity contribution in [1.29, 1.82) is 0 Å². The largest absolute Gasteiger partial charge is 0.467 e. The van der Waals surface area contributed by atoms with Gasteiger partial charge in [-0.25, -0.2) is 4.98 Å². The van der Waals surface area contributed by atoms with Crippen LogP contribution in [-0.4, -0.2) is 48.2 Å². The van der Waals surface area contributed by atoms with Crippen LogP contribution in [0.3, 0.4) is 0 Å². The van der Waals surface area contributed by atoms with Gasteiger partial charge in [-0.2, -0.15) is 0 Å². The van der Waals surface area contributed by atoms with Crippen molar-refractivity contribution in [2.45, 2.75) is 38.1 Å². The average Bonchev–Trinajstić information content (AvgIpc) is 3.19. The fourth-order valence-electron chi connectivity index (χ4n) is 4.47. The zero-order valence-corrected chi connectivity index (χ0v) is 16.7. The molecular weight excluding hydrogens is 374 g/mol. The van der Waals surface area contributed by atoms with Gasteiger partial charge in [-0.1, -0.05) is 19.3 Å². The van der Waals surface area contributed by atoms with E-state index in [-0.39, 0.29) is 11.7 Å². The summed E-state index contributed by atoms with van der Waals surface area (Å²) in [5, 5.41) is 10.9. The maximum atomic E-state index is 10.9. The number of benzene rings is 1. The molecule has 0 spiro atoms. The van der Waals surface area contributed by atoms with Crippen LogP contribution in [0.1, 0.15) is 44.0 Å². The van der Waals surface area contributed by atoms with Crippen LogP contribution in [0.15, 0.2) is 28.7 Å². The van der Waals surface area contributed by atoms with E-state index in [1.807, 2.05) is 0 Å². The first-order valence-corrected chi connectivity index (χ1v) is 10.3. The van der Waals surface area contributed by atoms with Gasteiger partial charge in [-0.05, 0) is 30.9 Å². The van der Waals surface area contributed by atoms with Crippen molar-refractivity contribution in [2.24, 2.45) is 5.92 Å². The normalized spacial score (nSPS) is 19.8. The van der Waals surface area contributed by atoms with Gasteiger partial charge in [0.25, 0.3) is 5.69 Å². The number of aromatic nitrogens is 1. The van der Waals surface area contributed by atoms with E-state index in [1.54, 1.807) is 19.2 Å². The minimum absolute atomic E-state index is 0.0461. The molecule has 2 fully saturated rings. The molecule has 1 saturated heterocycles. The lowest BCUT2D eigenvalue weighted by molar-refractivity contribution is -0.384. The van der Waals surface area contributed by atoms with Crippen LogP contribution in [0.2, 0.25) is 0 Å². The first-order chi connectivity index (χ1) is 14.2. The molecule has 0 radical (unpaired) electrons. The summed E-state index contributed by atoms with van der Waals surface area (Å²) in [6.07, 6.45) is 6.09. The van der Waals surface area contributed by atoms with Gasteiger partial charge in [0.05, 0.1) is 31.3 Å². The lowest BCUT2D eigenvalue weighted by Crippen LogP contribution is -2.42. The predicted octanol–water partition coefficient (Wildman–Crippen LogP) is 4.21. The Morgan fingerprint density at radius 3 is 2.48 bits per heavy atom. The van der Waals surface area contributed by atoms with Gasteiger partial charge >= 0.3 is 5.95 Å². The summed E-state index contributed by atoms with van der Waals surface area (Å²) in [5.41, 5.74) is 1.38. The van der Waals surface area contributed by atoms with Crippen molar-refractivity contribution in [3.63, 3.8) is 0 Å². The molecule has 156 valence electrons. The highest BCUT2D eigenvalue weighted by atomic mass is 16.6. The molecule has 29 heavy (non-hydrogen) atoms. The molecular formula is C21H27N3O5. The Hall–Kier alpha value is -2.45. The molecule has 1 aliphatic carbocycles. The summed E-state index contributed by atoms with van der Waals surface area (Å²) >= 11 is 0. The molecule has 2 aromatic rings. The summed E-state index contributed by atoms with van der Waals surface area (Å²) < 4.78 is 17.1. The molecule has 0 bridgehead atoms. The molecule has 1 aromatic carbocycles. The van der Waals surface area contributed by atoms with Crippen LogP contribution >= 0.6 is 0 Å². The van der Waals surface area contributed by atoms with E-state index < -0.39 is 4.92 Å². The van der Waals surface area contributed by atoms with E-state index in [1.165, 1.54) is 44.2 Å². The van der Waals surface area contributed by atoms with E-state index in [0.29, 0.717) is 23.4 Å². The summed E-state index contributed by atoms with van der Waals surface area (Å²) in [6.45, 7) is 3.16. The Bertz CT molecular complexity index is 805. The maximum absolute atomic E-state index is 10.9. The minimum atomic E-state index is -0.410. The van der Waals surface area contributed by atoms with Crippen LogP contribution in [0.5, 0.6) is 5.95 Å². The van der Waals surface area contributed by atoms with Gasteiger partial charge in [0.15, 0.2) is 5.69 Å². The van der Waals surface area contributed by atoms with Crippen LogP contribution < -0.4 is 4.74 Å². The zero-order chi connectivity index (χ0) is 20.2. The van der Waals surface area contributed by atoms with E-state index in [9.17, 15) is 10.1 Å². The fourth-order valence-corrected chi connectivity index (χ4v) is 4.47. The standard InChI is InChI=1S/C21H27N3O5/c1-27-21-18(15-7-9-17(10-8-15)24(25)26)22-20(29-21)19(16-5-3-2-4-6-16)23-11-13-28-14-12-23/h7-10,16,19H,2-6,11-14H2,1H3/t19-/m1/s1.